The molecule has 0 bridgehead atoms. The van der Waals surface area contributed by atoms with Gasteiger partial charge in [0.1, 0.15) is 14.8 Å². The summed E-state index contributed by atoms with van der Waals surface area (Å²) in [4.78, 5) is 12.4. The summed E-state index contributed by atoms with van der Waals surface area (Å²) in [6.45, 7) is 7.25. The van der Waals surface area contributed by atoms with Crippen molar-refractivity contribution in [2.75, 3.05) is 20.1 Å². The number of carbonyl (C=O) groups is 1. The molecule has 21 heavy (non-hydrogen) atoms. The van der Waals surface area contributed by atoms with Crippen LogP contribution in [0.4, 0.5) is 4.79 Å². The summed E-state index contributed by atoms with van der Waals surface area (Å²) in [7, 11) is 1.96. The molecule has 5 nitrogen and oxygen atoms in total. The van der Waals surface area contributed by atoms with Crippen LogP contribution in [0.15, 0.2) is 15.3 Å². The van der Waals surface area contributed by atoms with E-state index in [1.54, 1.807) is 0 Å². The van der Waals surface area contributed by atoms with Crippen molar-refractivity contribution >= 4 is 38.0 Å². The monoisotopic (exact) mass is 422 g/mol. The zero-order valence-corrected chi connectivity index (χ0v) is 16.1. The van der Waals surface area contributed by atoms with Crippen molar-refractivity contribution in [1.82, 2.24) is 9.78 Å². The number of piperidine rings is 1. The van der Waals surface area contributed by atoms with Crippen LogP contribution in [0.3, 0.4) is 0 Å². The molecule has 0 atom stereocenters. The third-order valence-electron chi connectivity index (χ3n) is 3.75. The van der Waals surface area contributed by atoms with Gasteiger partial charge in [0.15, 0.2) is 0 Å². The molecule has 0 saturated carbocycles. The second-order valence-corrected chi connectivity index (χ2v) is 8.41. The van der Waals surface area contributed by atoms with Crippen molar-refractivity contribution < 1.29 is 14.0 Å². The fourth-order valence-corrected chi connectivity index (χ4v) is 3.80. The van der Waals surface area contributed by atoms with Crippen LogP contribution in [-0.4, -0.2) is 46.1 Å². The smallest absolute Gasteiger partial charge is 0.414 e. The van der Waals surface area contributed by atoms with E-state index < -0.39 is 5.60 Å². The van der Waals surface area contributed by atoms with E-state index in [0.29, 0.717) is 10.5 Å². The summed E-state index contributed by atoms with van der Waals surface area (Å²) < 4.78 is 9.66. The molecule has 2 heterocycles. The molecule has 0 aromatic carbocycles. The van der Waals surface area contributed by atoms with Gasteiger partial charge in [-0.05, 0) is 52.6 Å². The molecule has 0 radical (unpaired) electrons. The summed E-state index contributed by atoms with van der Waals surface area (Å²) in [6, 6.07) is 2.26. The number of hydrogen-bond donors (Lipinski definition) is 0. The van der Waals surface area contributed by atoms with E-state index in [4.69, 9.17) is 4.74 Å². The van der Waals surface area contributed by atoms with Gasteiger partial charge < -0.3 is 4.74 Å². The van der Waals surface area contributed by atoms with Crippen LogP contribution in [0.5, 0.6) is 0 Å². The summed E-state index contributed by atoms with van der Waals surface area (Å²) in [5.74, 6) is 0. The van der Waals surface area contributed by atoms with Crippen molar-refractivity contribution in [3.8, 4) is 0 Å². The number of hydrogen-bond acceptors (Lipinski definition) is 3. The Hall–Kier alpha value is -0.400. The van der Waals surface area contributed by atoms with Crippen LogP contribution >= 0.6 is 31.9 Å². The standard InChI is InChI=1S/C14H22Br2N3O2/c1-14(2,3)21-13(20)19(4)7-5-10(6-8-19)18-12(16)9-11(15)17-18/h9-10H,5-8H2,1-4H3/q+1. The average molecular weight is 424 g/mol. The molecule has 1 aromatic heterocycles. The molecular weight excluding hydrogens is 402 g/mol. The second-order valence-electron chi connectivity index (χ2n) is 6.79. The number of ether oxygens (including phenoxy) is 1. The minimum Gasteiger partial charge on any atom is -0.414 e. The van der Waals surface area contributed by atoms with Gasteiger partial charge >= 0.3 is 6.09 Å². The maximum absolute atomic E-state index is 12.4. The summed E-state index contributed by atoms with van der Waals surface area (Å²) in [5.41, 5.74) is -0.439. The van der Waals surface area contributed by atoms with E-state index in [9.17, 15) is 4.79 Å². The lowest BCUT2D eigenvalue weighted by Crippen LogP contribution is -2.55. The Bertz CT molecular complexity index is 529. The first kappa shape index (κ1) is 17.0. The van der Waals surface area contributed by atoms with Gasteiger partial charge in [-0.2, -0.15) is 9.89 Å². The van der Waals surface area contributed by atoms with Crippen LogP contribution in [0, 0.1) is 0 Å². The quantitative estimate of drug-likeness (QED) is 0.638. The van der Waals surface area contributed by atoms with Gasteiger partial charge in [-0.15, -0.1) is 0 Å². The number of aromatic nitrogens is 2. The van der Waals surface area contributed by atoms with E-state index in [2.05, 4.69) is 37.0 Å². The van der Waals surface area contributed by atoms with Gasteiger partial charge in [0.2, 0.25) is 0 Å². The minimum absolute atomic E-state index is 0.137. The molecule has 7 heteroatoms. The summed E-state index contributed by atoms with van der Waals surface area (Å²) in [6.07, 6.45) is 1.67. The fourth-order valence-electron chi connectivity index (χ4n) is 2.52. The maximum atomic E-state index is 12.4. The van der Waals surface area contributed by atoms with Gasteiger partial charge in [-0.3, -0.25) is 4.68 Å². The molecule has 1 fully saturated rings. The van der Waals surface area contributed by atoms with Crippen LogP contribution in [0.25, 0.3) is 0 Å². The van der Waals surface area contributed by atoms with Gasteiger partial charge in [0.05, 0.1) is 26.2 Å². The van der Waals surface area contributed by atoms with Gasteiger partial charge in [0.25, 0.3) is 0 Å². The third kappa shape index (κ3) is 4.07. The highest BCUT2D eigenvalue weighted by Crippen LogP contribution is 2.31. The van der Waals surface area contributed by atoms with Gasteiger partial charge in [-0.25, -0.2) is 4.48 Å². The van der Waals surface area contributed by atoms with Crippen LogP contribution < -0.4 is 0 Å². The Balaban J connectivity index is 2.02. The number of amides is 1. The van der Waals surface area contributed by atoms with E-state index in [1.807, 2.05) is 38.6 Å². The van der Waals surface area contributed by atoms with Gasteiger partial charge in [0, 0.05) is 18.9 Å². The second kappa shape index (κ2) is 6.01. The first-order chi connectivity index (χ1) is 9.61. The molecule has 0 N–H and O–H groups in total. The van der Waals surface area contributed by atoms with Crippen molar-refractivity contribution in [3.05, 3.63) is 15.3 Å². The molecule has 118 valence electrons. The minimum atomic E-state index is -0.439. The summed E-state index contributed by atoms with van der Waals surface area (Å²) >= 11 is 6.91. The number of carbonyl (C=O) groups excluding carboxylic acids is 1. The van der Waals surface area contributed by atoms with Crippen molar-refractivity contribution in [2.45, 2.75) is 45.3 Å². The summed E-state index contributed by atoms with van der Waals surface area (Å²) in [5, 5.41) is 4.45. The topological polar surface area (TPSA) is 44.1 Å². The number of rotatable bonds is 1. The van der Waals surface area contributed by atoms with E-state index in [0.717, 1.165) is 35.1 Å². The fraction of sp³-hybridized carbons (Fsp3) is 0.714. The molecule has 1 aliphatic heterocycles. The Kier molecular flexibility index (Phi) is 4.85. The molecule has 0 unspecified atom stereocenters. The number of halogens is 2. The molecular formula is C14H22Br2N3O2+. The number of likely N-dealkylation sites (tertiary alicyclic amines) is 1. The predicted octanol–water partition coefficient (Wildman–Crippen LogP) is 4.12. The zero-order valence-electron chi connectivity index (χ0n) is 12.9. The molecule has 1 saturated heterocycles. The van der Waals surface area contributed by atoms with Gasteiger partial charge in [-0.1, -0.05) is 0 Å². The van der Waals surface area contributed by atoms with Crippen molar-refractivity contribution in [1.29, 1.82) is 0 Å². The van der Waals surface area contributed by atoms with Crippen LogP contribution in [-0.2, 0) is 4.74 Å². The van der Waals surface area contributed by atoms with Crippen molar-refractivity contribution in [3.63, 3.8) is 0 Å². The normalized spacial score (nSPS) is 26.7. The largest absolute Gasteiger partial charge is 0.516 e. The highest BCUT2D eigenvalue weighted by Gasteiger charge is 2.41. The lowest BCUT2D eigenvalue weighted by Gasteiger charge is -2.38. The molecule has 0 spiro atoms. The maximum Gasteiger partial charge on any atom is 0.516 e. The van der Waals surface area contributed by atoms with E-state index in [-0.39, 0.29) is 6.09 Å². The highest BCUT2D eigenvalue weighted by molar-refractivity contribution is 9.11. The van der Waals surface area contributed by atoms with Crippen molar-refractivity contribution in [2.24, 2.45) is 0 Å². The molecule has 0 aliphatic carbocycles. The Labute approximate surface area is 142 Å². The molecule has 1 aromatic rings. The average Bonchev–Trinajstić information content (AvgIpc) is 2.67. The first-order valence-corrected chi connectivity index (χ1v) is 8.68. The van der Waals surface area contributed by atoms with E-state index in [1.165, 1.54) is 0 Å². The number of quaternary nitrogens is 1. The van der Waals surface area contributed by atoms with Crippen LogP contribution in [0.2, 0.25) is 0 Å². The zero-order chi connectivity index (χ0) is 15.8. The molecule has 1 amide bonds. The lowest BCUT2D eigenvalue weighted by atomic mass is 10.0. The van der Waals surface area contributed by atoms with Crippen LogP contribution in [0.1, 0.15) is 39.7 Å². The number of nitrogens with zero attached hydrogens (tertiary/aromatic N) is 3. The molecule has 1 aliphatic rings. The Morgan fingerprint density at radius 2 is 1.95 bits per heavy atom. The predicted molar refractivity (Wildman–Crippen MR) is 88.1 cm³/mol. The SMILES string of the molecule is CC(C)(C)OC(=O)[N+]1(C)CCC(n2nc(Br)cc2Br)CC1. The third-order valence-corrected chi connectivity index (χ3v) is 4.73. The Morgan fingerprint density at radius 1 is 1.38 bits per heavy atom. The lowest BCUT2D eigenvalue weighted by molar-refractivity contribution is -0.844. The van der Waals surface area contributed by atoms with E-state index >= 15 is 0 Å². The molecule has 2 rings (SSSR count). The highest BCUT2D eigenvalue weighted by atomic mass is 79.9. The first-order valence-electron chi connectivity index (χ1n) is 7.09. The Morgan fingerprint density at radius 3 is 2.38 bits per heavy atom.